The summed E-state index contributed by atoms with van der Waals surface area (Å²) < 4.78 is 0. The number of rotatable bonds is 4. The summed E-state index contributed by atoms with van der Waals surface area (Å²) in [6, 6.07) is 1.58. The van der Waals surface area contributed by atoms with Gasteiger partial charge in [-0.3, -0.25) is 4.90 Å². The molecule has 0 amide bonds. The lowest BCUT2D eigenvalue weighted by atomic mass is 10.0. The van der Waals surface area contributed by atoms with Crippen molar-refractivity contribution in [2.45, 2.75) is 52.1 Å². The van der Waals surface area contributed by atoms with Crippen molar-refractivity contribution in [2.75, 3.05) is 19.6 Å². The number of nitrogens with zero attached hydrogens (tertiary/aromatic N) is 1. The molecule has 0 aromatic rings. The molecule has 88 valence electrons. The molecule has 1 N–H and O–H groups in total. The minimum absolute atomic E-state index is 0.735. The van der Waals surface area contributed by atoms with Crippen LogP contribution >= 0.6 is 0 Å². The zero-order valence-electron chi connectivity index (χ0n) is 10.5. The minimum Gasteiger partial charge on any atom is -0.311 e. The average molecular weight is 210 g/mol. The van der Waals surface area contributed by atoms with Gasteiger partial charge in [0, 0.05) is 31.7 Å². The molecule has 15 heavy (non-hydrogen) atoms. The van der Waals surface area contributed by atoms with E-state index in [1.54, 1.807) is 0 Å². The Morgan fingerprint density at radius 3 is 2.60 bits per heavy atom. The monoisotopic (exact) mass is 210 g/mol. The van der Waals surface area contributed by atoms with Crippen LogP contribution in [0.2, 0.25) is 0 Å². The second-order valence-corrected chi connectivity index (χ2v) is 5.77. The van der Waals surface area contributed by atoms with E-state index in [0.29, 0.717) is 0 Å². The van der Waals surface area contributed by atoms with E-state index in [9.17, 15) is 0 Å². The second kappa shape index (κ2) is 4.84. The second-order valence-electron chi connectivity index (χ2n) is 5.77. The zero-order chi connectivity index (χ0) is 10.8. The number of piperazine rings is 1. The largest absolute Gasteiger partial charge is 0.311 e. The van der Waals surface area contributed by atoms with Crippen molar-refractivity contribution in [2.24, 2.45) is 11.8 Å². The zero-order valence-corrected chi connectivity index (χ0v) is 10.5. The van der Waals surface area contributed by atoms with E-state index in [0.717, 1.165) is 23.9 Å². The maximum absolute atomic E-state index is 3.70. The highest BCUT2D eigenvalue weighted by Gasteiger charge is 2.38. The third-order valence-corrected chi connectivity index (χ3v) is 3.80. The predicted octanol–water partition coefficient (Wildman–Crippen LogP) is 2.10. The van der Waals surface area contributed by atoms with Crippen LogP contribution in [0.5, 0.6) is 0 Å². The number of hydrogen-bond acceptors (Lipinski definition) is 2. The van der Waals surface area contributed by atoms with Gasteiger partial charge in [-0.05, 0) is 31.1 Å². The summed E-state index contributed by atoms with van der Waals surface area (Å²) in [7, 11) is 0. The van der Waals surface area contributed by atoms with Crippen molar-refractivity contribution in [1.82, 2.24) is 10.2 Å². The Hall–Kier alpha value is -0.0800. The van der Waals surface area contributed by atoms with Crippen LogP contribution in [0.25, 0.3) is 0 Å². The summed E-state index contributed by atoms with van der Waals surface area (Å²) >= 11 is 0. The van der Waals surface area contributed by atoms with Crippen LogP contribution in [-0.4, -0.2) is 36.6 Å². The molecule has 0 radical (unpaired) electrons. The molecule has 1 saturated carbocycles. The Kier molecular flexibility index (Phi) is 3.68. The van der Waals surface area contributed by atoms with Gasteiger partial charge in [0.2, 0.25) is 0 Å². The number of nitrogens with one attached hydrogen (secondary N) is 1. The van der Waals surface area contributed by atoms with Crippen molar-refractivity contribution in [1.29, 1.82) is 0 Å². The quantitative estimate of drug-likeness (QED) is 0.764. The Labute approximate surface area is 94.4 Å². The van der Waals surface area contributed by atoms with Gasteiger partial charge in [-0.1, -0.05) is 20.8 Å². The van der Waals surface area contributed by atoms with Crippen LogP contribution in [0.4, 0.5) is 0 Å². The lowest BCUT2D eigenvalue weighted by Gasteiger charge is -2.41. The van der Waals surface area contributed by atoms with Gasteiger partial charge in [-0.15, -0.1) is 0 Å². The van der Waals surface area contributed by atoms with Crippen molar-refractivity contribution >= 4 is 0 Å². The molecule has 1 heterocycles. The molecule has 2 unspecified atom stereocenters. The van der Waals surface area contributed by atoms with Gasteiger partial charge in [0.05, 0.1) is 0 Å². The molecule has 2 aliphatic rings. The highest BCUT2D eigenvalue weighted by Crippen LogP contribution is 2.36. The molecular formula is C13H26N2. The fourth-order valence-corrected chi connectivity index (χ4v) is 2.80. The SMILES string of the molecule is CCC1CN(CC(C)C)C(C2CC2)CN1. The molecule has 2 heteroatoms. The first-order chi connectivity index (χ1) is 7.20. The first kappa shape index (κ1) is 11.4. The molecule has 1 saturated heterocycles. The highest BCUT2D eigenvalue weighted by molar-refractivity contribution is 4.94. The van der Waals surface area contributed by atoms with E-state index in [4.69, 9.17) is 0 Å². The van der Waals surface area contributed by atoms with Crippen molar-refractivity contribution in [3.8, 4) is 0 Å². The van der Waals surface area contributed by atoms with Gasteiger partial charge in [0.15, 0.2) is 0 Å². The van der Waals surface area contributed by atoms with Crippen molar-refractivity contribution in [3.63, 3.8) is 0 Å². The first-order valence-electron chi connectivity index (χ1n) is 6.68. The van der Waals surface area contributed by atoms with Crippen molar-refractivity contribution < 1.29 is 0 Å². The first-order valence-corrected chi connectivity index (χ1v) is 6.68. The van der Waals surface area contributed by atoms with E-state index in [2.05, 4.69) is 31.0 Å². The summed E-state index contributed by atoms with van der Waals surface area (Å²) in [5, 5.41) is 3.70. The van der Waals surface area contributed by atoms with Crippen LogP contribution in [0.1, 0.15) is 40.0 Å². The Balaban J connectivity index is 1.92. The van der Waals surface area contributed by atoms with Gasteiger partial charge in [0.1, 0.15) is 0 Å². The third-order valence-electron chi connectivity index (χ3n) is 3.80. The van der Waals surface area contributed by atoms with Gasteiger partial charge in [0.25, 0.3) is 0 Å². The third kappa shape index (κ3) is 2.94. The Bertz CT molecular complexity index is 199. The van der Waals surface area contributed by atoms with Crippen LogP contribution in [0.3, 0.4) is 0 Å². The predicted molar refractivity (Wildman–Crippen MR) is 65.0 cm³/mol. The molecule has 2 atom stereocenters. The summed E-state index contributed by atoms with van der Waals surface area (Å²) in [6.07, 6.45) is 4.21. The molecule has 1 aliphatic carbocycles. The van der Waals surface area contributed by atoms with Crippen LogP contribution < -0.4 is 5.32 Å². The number of hydrogen-bond donors (Lipinski definition) is 1. The maximum atomic E-state index is 3.70. The normalized spacial score (nSPS) is 33.6. The van der Waals surface area contributed by atoms with Gasteiger partial charge in [-0.25, -0.2) is 0 Å². The minimum atomic E-state index is 0.735. The van der Waals surface area contributed by atoms with Gasteiger partial charge < -0.3 is 5.32 Å². The lowest BCUT2D eigenvalue weighted by molar-refractivity contribution is 0.100. The van der Waals surface area contributed by atoms with Crippen LogP contribution in [0, 0.1) is 11.8 Å². The highest BCUT2D eigenvalue weighted by atomic mass is 15.2. The van der Waals surface area contributed by atoms with Gasteiger partial charge in [-0.2, -0.15) is 0 Å². The summed E-state index contributed by atoms with van der Waals surface area (Å²) in [6.45, 7) is 10.8. The molecule has 2 fully saturated rings. The van der Waals surface area contributed by atoms with Gasteiger partial charge >= 0.3 is 0 Å². The molecular weight excluding hydrogens is 184 g/mol. The Morgan fingerprint density at radius 2 is 2.07 bits per heavy atom. The molecule has 2 rings (SSSR count). The summed E-state index contributed by atoms with van der Waals surface area (Å²) in [4.78, 5) is 2.76. The molecule has 2 nitrogen and oxygen atoms in total. The summed E-state index contributed by atoms with van der Waals surface area (Å²) in [5.41, 5.74) is 0. The molecule has 0 bridgehead atoms. The lowest BCUT2D eigenvalue weighted by Crippen LogP contribution is -2.57. The van der Waals surface area contributed by atoms with E-state index < -0.39 is 0 Å². The maximum Gasteiger partial charge on any atom is 0.0249 e. The van der Waals surface area contributed by atoms with Crippen LogP contribution in [-0.2, 0) is 0 Å². The van der Waals surface area contributed by atoms with E-state index in [1.165, 1.54) is 38.9 Å². The summed E-state index contributed by atoms with van der Waals surface area (Å²) in [5.74, 6) is 1.82. The van der Waals surface area contributed by atoms with Crippen LogP contribution in [0.15, 0.2) is 0 Å². The van der Waals surface area contributed by atoms with E-state index in [-0.39, 0.29) is 0 Å². The smallest absolute Gasteiger partial charge is 0.0249 e. The molecule has 0 aromatic heterocycles. The Morgan fingerprint density at radius 1 is 1.33 bits per heavy atom. The van der Waals surface area contributed by atoms with Crippen molar-refractivity contribution in [3.05, 3.63) is 0 Å². The molecule has 1 aliphatic heterocycles. The standard InChI is InChI=1S/C13H26N2/c1-4-12-9-15(8-10(2)3)13(7-14-12)11-5-6-11/h10-14H,4-9H2,1-3H3. The topological polar surface area (TPSA) is 15.3 Å². The molecule has 0 spiro atoms. The fourth-order valence-electron chi connectivity index (χ4n) is 2.80. The molecule has 0 aromatic carbocycles. The fraction of sp³-hybridized carbons (Fsp3) is 1.00. The van der Waals surface area contributed by atoms with E-state index >= 15 is 0 Å². The average Bonchev–Trinajstić information content (AvgIpc) is 3.00. The van der Waals surface area contributed by atoms with E-state index in [1.807, 2.05) is 0 Å².